The molecule has 1 atom stereocenters. The van der Waals surface area contributed by atoms with Crippen molar-refractivity contribution in [2.24, 2.45) is 0 Å². The molecule has 0 spiro atoms. The fraction of sp³-hybridized carbons (Fsp3) is 0.182. The number of fused-ring (bicyclic) bond motifs is 1. The predicted molar refractivity (Wildman–Crippen MR) is 114 cm³/mol. The molecule has 4 rings (SSSR count). The number of carbonyl (C=O) groups is 2. The quantitative estimate of drug-likeness (QED) is 0.360. The van der Waals surface area contributed by atoms with Gasteiger partial charge < -0.3 is 20.0 Å². The van der Waals surface area contributed by atoms with Crippen LogP contribution in [-0.4, -0.2) is 29.8 Å². The topological polar surface area (TPSA) is 118 Å². The van der Waals surface area contributed by atoms with Gasteiger partial charge >= 0.3 is 11.8 Å². The van der Waals surface area contributed by atoms with E-state index in [1.165, 1.54) is 29.8 Å². The van der Waals surface area contributed by atoms with Crippen LogP contribution in [0.1, 0.15) is 17.4 Å². The Labute approximate surface area is 177 Å². The van der Waals surface area contributed by atoms with Gasteiger partial charge in [-0.2, -0.15) is 0 Å². The highest BCUT2D eigenvalue weighted by Gasteiger charge is 2.30. The smallest absolute Gasteiger partial charge is 0.313 e. The monoisotopic (exact) mass is 420 g/mol. The zero-order chi connectivity index (χ0) is 21.8. The van der Waals surface area contributed by atoms with Gasteiger partial charge in [0.15, 0.2) is 0 Å². The van der Waals surface area contributed by atoms with Crippen molar-refractivity contribution in [3.63, 3.8) is 0 Å². The zero-order valence-corrected chi connectivity index (χ0v) is 16.5. The van der Waals surface area contributed by atoms with E-state index in [0.717, 1.165) is 18.7 Å². The average molecular weight is 420 g/mol. The number of para-hydroxylation sites is 3. The molecule has 0 saturated carbocycles. The molecule has 31 heavy (non-hydrogen) atoms. The van der Waals surface area contributed by atoms with E-state index in [4.69, 9.17) is 4.42 Å². The molecular weight excluding hydrogens is 400 g/mol. The van der Waals surface area contributed by atoms with Crippen LogP contribution < -0.4 is 15.5 Å². The van der Waals surface area contributed by atoms with Crippen LogP contribution >= 0.6 is 0 Å². The van der Waals surface area contributed by atoms with Crippen molar-refractivity contribution in [3.05, 3.63) is 88.4 Å². The maximum absolute atomic E-state index is 12.4. The number of benzene rings is 2. The molecule has 1 aliphatic rings. The molecule has 2 aromatic carbocycles. The van der Waals surface area contributed by atoms with E-state index < -0.39 is 16.7 Å². The number of carbonyl (C=O) groups excluding carboxylic acids is 2. The standard InChI is InChI=1S/C22H20N4O5/c27-21(22(28)24-16-7-2-4-9-18(16)26(29)30)23-14-19(20-10-5-13-31-20)25-12-11-15-6-1-3-8-17(15)25/h1-10,13,19H,11-12,14H2,(H,23,27)(H,24,28)/t19-/m0/s1. The summed E-state index contributed by atoms with van der Waals surface area (Å²) in [5.41, 5.74) is 1.94. The zero-order valence-electron chi connectivity index (χ0n) is 16.5. The Morgan fingerprint density at radius 1 is 1.06 bits per heavy atom. The average Bonchev–Trinajstić information content (AvgIpc) is 3.45. The lowest BCUT2D eigenvalue weighted by atomic mass is 10.1. The number of anilines is 2. The minimum absolute atomic E-state index is 0.0382. The first-order valence-corrected chi connectivity index (χ1v) is 9.75. The van der Waals surface area contributed by atoms with E-state index in [-0.39, 0.29) is 24.0 Å². The number of nitro benzene ring substituents is 1. The van der Waals surface area contributed by atoms with Gasteiger partial charge in [-0.3, -0.25) is 19.7 Å². The summed E-state index contributed by atoms with van der Waals surface area (Å²) >= 11 is 0. The summed E-state index contributed by atoms with van der Waals surface area (Å²) in [4.78, 5) is 37.4. The van der Waals surface area contributed by atoms with Crippen LogP contribution in [0.5, 0.6) is 0 Å². The Hall–Kier alpha value is -4.14. The summed E-state index contributed by atoms with van der Waals surface area (Å²) in [7, 11) is 0. The molecule has 1 aliphatic heterocycles. The maximum Gasteiger partial charge on any atom is 0.313 e. The number of hydrogen-bond acceptors (Lipinski definition) is 6. The van der Waals surface area contributed by atoms with Gasteiger partial charge in [0, 0.05) is 24.8 Å². The Bertz CT molecular complexity index is 1110. The summed E-state index contributed by atoms with van der Waals surface area (Å²) in [6.45, 7) is 0.883. The van der Waals surface area contributed by atoms with E-state index in [1.807, 2.05) is 24.3 Å². The Balaban J connectivity index is 1.46. The molecule has 158 valence electrons. The number of nitro groups is 1. The van der Waals surface area contributed by atoms with E-state index >= 15 is 0 Å². The second-order valence-corrected chi connectivity index (χ2v) is 7.04. The molecule has 2 amide bonds. The van der Waals surface area contributed by atoms with Crippen molar-refractivity contribution < 1.29 is 18.9 Å². The van der Waals surface area contributed by atoms with Crippen LogP contribution in [0.4, 0.5) is 17.1 Å². The molecule has 3 aromatic rings. The van der Waals surface area contributed by atoms with Crippen molar-refractivity contribution in [1.82, 2.24) is 5.32 Å². The van der Waals surface area contributed by atoms with Gasteiger partial charge in [-0.1, -0.05) is 30.3 Å². The lowest BCUT2D eigenvalue weighted by molar-refractivity contribution is -0.383. The third-order valence-corrected chi connectivity index (χ3v) is 5.18. The molecule has 0 bridgehead atoms. The van der Waals surface area contributed by atoms with E-state index in [0.29, 0.717) is 5.76 Å². The van der Waals surface area contributed by atoms with Gasteiger partial charge in [0.05, 0.1) is 11.2 Å². The minimum Gasteiger partial charge on any atom is -0.467 e. The lowest BCUT2D eigenvalue weighted by Gasteiger charge is -2.29. The number of nitrogens with zero attached hydrogens (tertiary/aromatic N) is 2. The summed E-state index contributed by atoms with van der Waals surface area (Å²) in [5, 5.41) is 16.0. The Morgan fingerprint density at radius 2 is 1.84 bits per heavy atom. The van der Waals surface area contributed by atoms with Gasteiger partial charge in [0.25, 0.3) is 5.69 Å². The Kier molecular flexibility index (Phi) is 5.65. The van der Waals surface area contributed by atoms with Gasteiger partial charge in [0.2, 0.25) is 0 Å². The first-order valence-electron chi connectivity index (χ1n) is 9.75. The van der Waals surface area contributed by atoms with Gasteiger partial charge in [0.1, 0.15) is 17.5 Å². The van der Waals surface area contributed by atoms with Gasteiger partial charge in [-0.15, -0.1) is 0 Å². The molecule has 0 saturated heterocycles. The second kappa shape index (κ2) is 8.70. The molecule has 1 aromatic heterocycles. The molecule has 2 heterocycles. The molecular formula is C22H20N4O5. The van der Waals surface area contributed by atoms with E-state index in [2.05, 4.69) is 21.6 Å². The second-order valence-electron chi connectivity index (χ2n) is 7.04. The number of amides is 2. The van der Waals surface area contributed by atoms with Crippen LogP contribution in [-0.2, 0) is 16.0 Å². The van der Waals surface area contributed by atoms with Gasteiger partial charge in [-0.05, 0) is 36.2 Å². The van der Waals surface area contributed by atoms with Crippen LogP contribution in [0.2, 0.25) is 0 Å². The van der Waals surface area contributed by atoms with Crippen molar-refractivity contribution in [3.8, 4) is 0 Å². The van der Waals surface area contributed by atoms with Crippen LogP contribution in [0.15, 0.2) is 71.3 Å². The molecule has 0 radical (unpaired) electrons. The van der Waals surface area contributed by atoms with Crippen molar-refractivity contribution in [2.45, 2.75) is 12.5 Å². The van der Waals surface area contributed by atoms with Crippen LogP contribution in [0.25, 0.3) is 0 Å². The van der Waals surface area contributed by atoms with Gasteiger partial charge in [-0.25, -0.2) is 0 Å². The largest absolute Gasteiger partial charge is 0.467 e. The maximum atomic E-state index is 12.4. The minimum atomic E-state index is -0.977. The number of nitrogens with one attached hydrogen (secondary N) is 2. The Morgan fingerprint density at radius 3 is 2.61 bits per heavy atom. The summed E-state index contributed by atoms with van der Waals surface area (Å²) in [6.07, 6.45) is 2.44. The fourth-order valence-corrected chi connectivity index (χ4v) is 3.72. The highest BCUT2D eigenvalue weighted by molar-refractivity contribution is 6.39. The van der Waals surface area contributed by atoms with Crippen molar-refractivity contribution >= 4 is 28.9 Å². The number of furan rings is 1. The SMILES string of the molecule is O=C(NC[C@@H](c1ccco1)N1CCc2ccccc21)C(=O)Nc1ccccc1[N+](=O)[O-]. The summed E-state index contributed by atoms with van der Waals surface area (Å²) < 4.78 is 5.59. The first-order chi connectivity index (χ1) is 15.0. The van der Waals surface area contributed by atoms with Crippen LogP contribution in [0.3, 0.4) is 0 Å². The molecule has 2 N–H and O–H groups in total. The first kappa shape index (κ1) is 20.1. The highest BCUT2D eigenvalue weighted by Crippen LogP contribution is 2.35. The third kappa shape index (κ3) is 4.25. The normalized spacial score (nSPS) is 13.4. The van der Waals surface area contributed by atoms with Crippen molar-refractivity contribution in [1.29, 1.82) is 0 Å². The number of hydrogen-bond donors (Lipinski definition) is 2. The third-order valence-electron chi connectivity index (χ3n) is 5.18. The highest BCUT2D eigenvalue weighted by atomic mass is 16.6. The molecule has 0 fully saturated rings. The van der Waals surface area contributed by atoms with E-state index in [1.54, 1.807) is 12.3 Å². The molecule has 0 unspecified atom stereocenters. The van der Waals surface area contributed by atoms with Crippen LogP contribution in [0, 0.1) is 10.1 Å². The molecule has 0 aliphatic carbocycles. The van der Waals surface area contributed by atoms with E-state index in [9.17, 15) is 19.7 Å². The summed E-state index contributed by atoms with van der Waals surface area (Å²) in [6, 6.07) is 17.0. The van der Waals surface area contributed by atoms with Crippen molar-refractivity contribution in [2.75, 3.05) is 23.3 Å². The molecule has 9 nitrogen and oxygen atoms in total. The fourth-order valence-electron chi connectivity index (χ4n) is 3.72. The molecule has 9 heteroatoms. The number of rotatable bonds is 6. The lowest BCUT2D eigenvalue weighted by Crippen LogP contribution is -2.41. The summed E-state index contributed by atoms with van der Waals surface area (Å²) in [5.74, 6) is -1.20. The predicted octanol–water partition coefficient (Wildman–Crippen LogP) is 3.05.